The highest BCUT2D eigenvalue weighted by atomic mass is 35.5. The number of hydrogen-bond acceptors (Lipinski definition) is 2. The van der Waals surface area contributed by atoms with Crippen LogP contribution in [0.4, 0.5) is 5.82 Å². The molecule has 0 bridgehead atoms. The van der Waals surface area contributed by atoms with Crippen LogP contribution < -0.4 is 0 Å². The Bertz CT molecular complexity index is 193. The van der Waals surface area contributed by atoms with Crippen LogP contribution in [0, 0.1) is 0 Å². The molecule has 0 aliphatic heterocycles. The number of rotatable bonds is 1. The highest BCUT2D eigenvalue weighted by Gasteiger charge is 1.94. The molecule has 0 fully saturated rings. The molecule has 0 saturated heterocycles. The molecule has 4 heteroatoms. The third-order valence-corrected chi connectivity index (χ3v) is 1.01. The molecule has 0 saturated carbocycles. The molecular formula is C4H4ClN3. The van der Waals surface area contributed by atoms with E-state index in [2.05, 4.69) is 21.9 Å². The fourth-order valence-electron chi connectivity index (χ4n) is 0.376. The van der Waals surface area contributed by atoms with Gasteiger partial charge < -0.3 is 0 Å². The van der Waals surface area contributed by atoms with Gasteiger partial charge >= 0.3 is 0 Å². The molecule has 0 radical (unpaired) electrons. The molecule has 0 spiro atoms. The topological polar surface area (TPSA) is 41.0 Å². The van der Waals surface area contributed by atoms with E-state index in [1.807, 2.05) is 0 Å². The summed E-state index contributed by atoms with van der Waals surface area (Å²) in [5, 5.41) is 6.65. The Hall–Kier alpha value is -0.830. The molecule has 42 valence electrons. The number of aliphatic imine (C=N–C) groups is 1. The van der Waals surface area contributed by atoms with E-state index in [0.717, 1.165) is 0 Å². The minimum atomic E-state index is 0.500. The van der Waals surface area contributed by atoms with Crippen molar-refractivity contribution in [1.29, 1.82) is 0 Å². The van der Waals surface area contributed by atoms with Crippen molar-refractivity contribution < 1.29 is 0 Å². The summed E-state index contributed by atoms with van der Waals surface area (Å²) in [7, 11) is 0. The van der Waals surface area contributed by atoms with Crippen molar-refractivity contribution in [2.75, 3.05) is 0 Å². The highest BCUT2D eigenvalue weighted by Crippen LogP contribution is 2.18. The van der Waals surface area contributed by atoms with Crippen LogP contribution in [-0.4, -0.2) is 16.9 Å². The van der Waals surface area contributed by atoms with Gasteiger partial charge in [-0.15, -0.1) is 0 Å². The van der Waals surface area contributed by atoms with Gasteiger partial charge in [0.1, 0.15) is 5.02 Å². The Morgan fingerprint density at radius 3 is 2.88 bits per heavy atom. The second kappa shape index (κ2) is 1.96. The van der Waals surface area contributed by atoms with E-state index in [4.69, 9.17) is 11.6 Å². The predicted octanol–water partition coefficient (Wildman–Crippen LogP) is 1.40. The van der Waals surface area contributed by atoms with Crippen LogP contribution in [0.5, 0.6) is 0 Å². The van der Waals surface area contributed by atoms with Crippen molar-refractivity contribution in [3.8, 4) is 0 Å². The summed E-state index contributed by atoms with van der Waals surface area (Å²) in [5.41, 5.74) is 0. The van der Waals surface area contributed by atoms with Gasteiger partial charge in [-0.25, -0.2) is 4.99 Å². The Labute approximate surface area is 51.4 Å². The van der Waals surface area contributed by atoms with Crippen LogP contribution in [0.1, 0.15) is 0 Å². The van der Waals surface area contributed by atoms with Crippen molar-refractivity contribution in [3.63, 3.8) is 0 Å². The Kier molecular flexibility index (Phi) is 1.30. The fourth-order valence-corrected chi connectivity index (χ4v) is 0.526. The van der Waals surface area contributed by atoms with Crippen LogP contribution in [-0.2, 0) is 0 Å². The summed E-state index contributed by atoms with van der Waals surface area (Å²) in [6.45, 7) is 3.26. The quantitative estimate of drug-likeness (QED) is 0.572. The number of hydrogen-bond donors (Lipinski definition) is 1. The van der Waals surface area contributed by atoms with Gasteiger partial charge in [0.25, 0.3) is 0 Å². The summed E-state index contributed by atoms with van der Waals surface area (Å²) >= 11 is 5.51. The van der Waals surface area contributed by atoms with Crippen LogP contribution in [0.2, 0.25) is 5.02 Å². The molecule has 3 nitrogen and oxygen atoms in total. The Morgan fingerprint density at radius 2 is 2.62 bits per heavy atom. The number of nitrogens with zero attached hydrogens (tertiary/aromatic N) is 2. The summed E-state index contributed by atoms with van der Waals surface area (Å²) in [6, 6.07) is 0. The second-order valence-electron chi connectivity index (χ2n) is 1.22. The predicted molar refractivity (Wildman–Crippen MR) is 32.8 cm³/mol. The monoisotopic (exact) mass is 129 g/mol. The lowest BCUT2D eigenvalue weighted by Crippen LogP contribution is -1.61. The molecular weight excluding hydrogens is 126 g/mol. The van der Waals surface area contributed by atoms with E-state index in [-0.39, 0.29) is 0 Å². The number of aromatic amines is 1. The first kappa shape index (κ1) is 5.31. The van der Waals surface area contributed by atoms with E-state index in [9.17, 15) is 0 Å². The van der Waals surface area contributed by atoms with Gasteiger partial charge in [-0.3, -0.25) is 5.10 Å². The van der Waals surface area contributed by atoms with E-state index >= 15 is 0 Å². The number of nitrogens with one attached hydrogen (secondary N) is 1. The van der Waals surface area contributed by atoms with Crippen molar-refractivity contribution in [2.24, 2.45) is 4.99 Å². The molecule has 8 heavy (non-hydrogen) atoms. The third-order valence-electron chi connectivity index (χ3n) is 0.733. The number of aromatic nitrogens is 2. The van der Waals surface area contributed by atoms with Gasteiger partial charge in [0.2, 0.25) is 0 Å². The van der Waals surface area contributed by atoms with Crippen molar-refractivity contribution in [3.05, 3.63) is 11.2 Å². The molecule has 0 aromatic carbocycles. The van der Waals surface area contributed by atoms with E-state index < -0.39 is 0 Å². The van der Waals surface area contributed by atoms with Crippen LogP contribution in [0.25, 0.3) is 0 Å². The number of halogens is 1. The lowest BCUT2D eigenvalue weighted by Gasteiger charge is -1.79. The molecule has 1 N–H and O–H groups in total. The average Bonchev–Trinajstić information content (AvgIpc) is 2.14. The molecule has 0 aliphatic carbocycles. The Balaban J connectivity index is 3.09. The molecule has 1 aromatic heterocycles. The minimum absolute atomic E-state index is 0.500. The first-order chi connectivity index (χ1) is 3.84. The standard InChI is InChI=1S/C4H4ClN3/c1-6-4-3(5)2-7-8-4/h2H,1H2,(H,7,8). The molecule has 1 rings (SSSR count). The minimum Gasteiger partial charge on any atom is -0.260 e. The second-order valence-corrected chi connectivity index (χ2v) is 1.63. The summed E-state index contributed by atoms with van der Waals surface area (Å²) in [4.78, 5) is 3.53. The zero-order chi connectivity index (χ0) is 5.98. The van der Waals surface area contributed by atoms with Gasteiger partial charge in [0.05, 0.1) is 6.20 Å². The largest absolute Gasteiger partial charge is 0.260 e. The van der Waals surface area contributed by atoms with Crippen molar-refractivity contribution in [1.82, 2.24) is 10.2 Å². The molecule has 1 aromatic rings. The van der Waals surface area contributed by atoms with Crippen molar-refractivity contribution in [2.45, 2.75) is 0 Å². The smallest absolute Gasteiger partial charge is 0.166 e. The zero-order valence-electron chi connectivity index (χ0n) is 4.06. The maximum atomic E-state index is 5.51. The zero-order valence-corrected chi connectivity index (χ0v) is 4.81. The summed E-state index contributed by atoms with van der Waals surface area (Å²) in [5.74, 6) is 0.520. The maximum Gasteiger partial charge on any atom is 0.166 e. The van der Waals surface area contributed by atoms with E-state index in [1.165, 1.54) is 6.20 Å². The van der Waals surface area contributed by atoms with E-state index in [1.54, 1.807) is 0 Å². The summed E-state index contributed by atoms with van der Waals surface area (Å²) in [6.07, 6.45) is 1.48. The molecule has 1 heterocycles. The fraction of sp³-hybridized carbons (Fsp3) is 0. The van der Waals surface area contributed by atoms with Gasteiger partial charge in [0.15, 0.2) is 5.82 Å². The van der Waals surface area contributed by atoms with Crippen LogP contribution in [0.3, 0.4) is 0 Å². The van der Waals surface area contributed by atoms with Crippen molar-refractivity contribution >= 4 is 24.1 Å². The normalized spacial score (nSPS) is 9.12. The Morgan fingerprint density at radius 1 is 1.88 bits per heavy atom. The molecule has 0 unspecified atom stereocenters. The molecule has 0 aliphatic rings. The lowest BCUT2D eigenvalue weighted by atomic mass is 10.6. The SMILES string of the molecule is C=Nc1[nH]ncc1Cl. The highest BCUT2D eigenvalue weighted by molar-refractivity contribution is 6.32. The molecule has 0 atom stereocenters. The maximum absolute atomic E-state index is 5.51. The van der Waals surface area contributed by atoms with Gasteiger partial charge in [-0.2, -0.15) is 5.10 Å². The molecule has 0 amide bonds. The van der Waals surface area contributed by atoms with Crippen LogP contribution in [0.15, 0.2) is 11.2 Å². The third kappa shape index (κ3) is 0.721. The van der Waals surface area contributed by atoms with Gasteiger partial charge in [-0.1, -0.05) is 11.6 Å². The first-order valence-electron chi connectivity index (χ1n) is 2.00. The van der Waals surface area contributed by atoms with E-state index in [0.29, 0.717) is 10.8 Å². The average molecular weight is 130 g/mol. The number of H-pyrrole nitrogens is 1. The first-order valence-corrected chi connectivity index (χ1v) is 2.38. The van der Waals surface area contributed by atoms with Gasteiger partial charge in [0, 0.05) is 0 Å². The lowest BCUT2D eigenvalue weighted by molar-refractivity contribution is 1.08. The summed E-state index contributed by atoms with van der Waals surface area (Å²) < 4.78 is 0. The van der Waals surface area contributed by atoms with Crippen LogP contribution >= 0.6 is 11.6 Å². The van der Waals surface area contributed by atoms with Gasteiger partial charge in [-0.05, 0) is 6.72 Å².